The molecule has 1 aromatic rings. The van der Waals surface area contributed by atoms with Crippen LogP contribution >= 0.6 is 0 Å². The molecule has 0 spiro atoms. The first-order valence-electron chi connectivity index (χ1n) is 6.08. The van der Waals surface area contributed by atoms with Crippen molar-refractivity contribution in [1.29, 1.82) is 0 Å². The number of aromatic nitrogens is 1. The van der Waals surface area contributed by atoms with Crippen molar-refractivity contribution in [2.45, 2.75) is 33.0 Å². The number of carboxylic acid groups (broad SMARTS) is 1. The van der Waals surface area contributed by atoms with Crippen LogP contribution in [0.25, 0.3) is 0 Å². The summed E-state index contributed by atoms with van der Waals surface area (Å²) in [6.07, 6.45) is 0.258. The fourth-order valence-corrected chi connectivity index (χ4v) is 2.30. The normalized spacial score (nSPS) is 24.1. The molecule has 1 fully saturated rings. The highest BCUT2D eigenvalue weighted by atomic mass is 16.5. The summed E-state index contributed by atoms with van der Waals surface area (Å²) in [4.78, 5) is 17.5. The molecule has 98 valence electrons. The third kappa shape index (κ3) is 2.79. The van der Waals surface area contributed by atoms with Gasteiger partial charge >= 0.3 is 5.97 Å². The summed E-state index contributed by atoms with van der Waals surface area (Å²) in [7, 11) is 0. The Kier molecular flexibility index (Phi) is 3.52. The first-order chi connectivity index (χ1) is 8.45. The molecule has 1 aliphatic heterocycles. The molecule has 18 heavy (non-hydrogen) atoms. The van der Waals surface area contributed by atoms with Crippen LogP contribution in [0.15, 0.2) is 12.1 Å². The van der Waals surface area contributed by atoms with Crippen molar-refractivity contribution in [3.05, 3.63) is 23.4 Å². The van der Waals surface area contributed by atoms with Crippen molar-refractivity contribution in [3.63, 3.8) is 0 Å². The Labute approximate surface area is 106 Å². The van der Waals surface area contributed by atoms with E-state index < -0.39 is 5.97 Å². The summed E-state index contributed by atoms with van der Waals surface area (Å²) in [5, 5.41) is 9.07. The van der Waals surface area contributed by atoms with Crippen molar-refractivity contribution < 1.29 is 14.6 Å². The molecule has 0 unspecified atom stereocenters. The minimum atomic E-state index is -0.920. The number of hydrogen-bond acceptors (Lipinski definition) is 4. The topological polar surface area (TPSA) is 62.7 Å². The standard InChI is InChI=1S/C13H18N2O3/c1-8-4-11(13(16)17)5-12(14-8)15-6-9(2)18-10(3)7-15/h4-5,9-10H,6-7H2,1-3H3,(H,16,17)/t9-,10+. The minimum absolute atomic E-state index is 0.129. The number of rotatable bonds is 2. The molecule has 2 rings (SSSR count). The van der Waals surface area contributed by atoms with Gasteiger partial charge in [0.25, 0.3) is 0 Å². The number of carbonyl (C=O) groups is 1. The average molecular weight is 250 g/mol. The molecule has 0 aliphatic carbocycles. The highest BCUT2D eigenvalue weighted by molar-refractivity contribution is 5.88. The third-order valence-electron chi connectivity index (χ3n) is 2.93. The van der Waals surface area contributed by atoms with Crippen LogP contribution in [0.5, 0.6) is 0 Å². The fraction of sp³-hybridized carbons (Fsp3) is 0.538. The molecule has 1 aliphatic rings. The first kappa shape index (κ1) is 12.8. The molecule has 2 heterocycles. The van der Waals surface area contributed by atoms with E-state index in [0.717, 1.165) is 24.6 Å². The number of morpholine rings is 1. The monoisotopic (exact) mass is 250 g/mol. The quantitative estimate of drug-likeness (QED) is 0.865. The van der Waals surface area contributed by atoms with Crippen LogP contribution in [0.1, 0.15) is 29.9 Å². The van der Waals surface area contributed by atoms with Gasteiger partial charge in [-0.3, -0.25) is 0 Å². The predicted octanol–water partition coefficient (Wildman–Crippen LogP) is 1.70. The summed E-state index contributed by atoms with van der Waals surface area (Å²) in [6, 6.07) is 3.21. The molecule has 0 amide bonds. The number of ether oxygens (including phenoxy) is 1. The summed E-state index contributed by atoms with van der Waals surface area (Å²) < 4.78 is 5.66. The van der Waals surface area contributed by atoms with E-state index in [1.54, 1.807) is 12.1 Å². The number of pyridine rings is 1. The molecule has 0 bridgehead atoms. The SMILES string of the molecule is Cc1cc(C(=O)O)cc(N2C[C@@H](C)O[C@@H](C)C2)n1. The van der Waals surface area contributed by atoms with Crippen molar-refractivity contribution in [2.24, 2.45) is 0 Å². The van der Waals surface area contributed by atoms with Crippen LogP contribution < -0.4 is 4.90 Å². The number of anilines is 1. The van der Waals surface area contributed by atoms with Crippen molar-refractivity contribution in [1.82, 2.24) is 4.98 Å². The van der Waals surface area contributed by atoms with Gasteiger partial charge in [0, 0.05) is 18.8 Å². The molecule has 1 N–H and O–H groups in total. The minimum Gasteiger partial charge on any atom is -0.478 e. The van der Waals surface area contributed by atoms with Gasteiger partial charge in [-0.2, -0.15) is 0 Å². The molecular weight excluding hydrogens is 232 g/mol. The van der Waals surface area contributed by atoms with Gasteiger partial charge in [0.1, 0.15) is 5.82 Å². The van der Waals surface area contributed by atoms with Gasteiger partial charge in [0.05, 0.1) is 17.8 Å². The molecule has 5 heteroatoms. The van der Waals surface area contributed by atoms with Crippen LogP contribution in [-0.4, -0.2) is 41.4 Å². The Morgan fingerprint density at radius 2 is 2.00 bits per heavy atom. The Balaban J connectivity index is 2.29. The van der Waals surface area contributed by atoms with Crippen molar-refractivity contribution in [2.75, 3.05) is 18.0 Å². The maximum Gasteiger partial charge on any atom is 0.335 e. The van der Waals surface area contributed by atoms with E-state index in [-0.39, 0.29) is 17.8 Å². The first-order valence-corrected chi connectivity index (χ1v) is 6.08. The highest BCUT2D eigenvalue weighted by Gasteiger charge is 2.23. The van der Waals surface area contributed by atoms with Crippen LogP contribution in [-0.2, 0) is 4.74 Å². The Bertz CT molecular complexity index is 452. The largest absolute Gasteiger partial charge is 0.478 e. The van der Waals surface area contributed by atoms with Gasteiger partial charge in [-0.05, 0) is 32.9 Å². The van der Waals surface area contributed by atoms with E-state index in [1.165, 1.54) is 0 Å². The smallest absolute Gasteiger partial charge is 0.335 e. The lowest BCUT2D eigenvalue weighted by Crippen LogP contribution is -2.46. The van der Waals surface area contributed by atoms with Crippen LogP contribution in [0.4, 0.5) is 5.82 Å². The van der Waals surface area contributed by atoms with E-state index in [0.29, 0.717) is 0 Å². The van der Waals surface area contributed by atoms with Gasteiger partial charge in [-0.15, -0.1) is 0 Å². The highest BCUT2D eigenvalue weighted by Crippen LogP contribution is 2.20. The lowest BCUT2D eigenvalue weighted by atomic mass is 10.2. The summed E-state index contributed by atoms with van der Waals surface area (Å²) in [6.45, 7) is 7.30. The zero-order valence-electron chi connectivity index (χ0n) is 10.9. The Morgan fingerprint density at radius 1 is 1.39 bits per heavy atom. The van der Waals surface area contributed by atoms with E-state index >= 15 is 0 Å². The van der Waals surface area contributed by atoms with Gasteiger partial charge in [-0.25, -0.2) is 9.78 Å². The summed E-state index contributed by atoms with van der Waals surface area (Å²) in [5.41, 5.74) is 1.00. The maximum atomic E-state index is 11.0. The number of hydrogen-bond donors (Lipinski definition) is 1. The molecule has 0 saturated carbocycles. The molecule has 1 saturated heterocycles. The molecule has 5 nitrogen and oxygen atoms in total. The average Bonchev–Trinajstić information content (AvgIpc) is 2.26. The second kappa shape index (κ2) is 4.94. The number of aryl methyl sites for hydroxylation is 1. The van der Waals surface area contributed by atoms with E-state index in [9.17, 15) is 4.79 Å². The summed E-state index contributed by atoms with van der Waals surface area (Å²) in [5.74, 6) is -0.203. The van der Waals surface area contributed by atoms with Crippen molar-refractivity contribution >= 4 is 11.8 Å². The van der Waals surface area contributed by atoms with E-state index in [4.69, 9.17) is 9.84 Å². The lowest BCUT2D eigenvalue weighted by Gasteiger charge is -2.36. The van der Waals surface area contributed by atoms with Crippen LogP contribution in [0.3, 0.4) is 0 Å². The van der Waals surface area contributed by atoms with Crippen molar-refractivity contribution in [3.8, 4) is 0 Å². The van der Waals surface area contributed by atoms with Gasteiger partial charge in [0.2, 0.25) is 0 Å². The zero-order chi connectivity index (χ0) is 13.3. The van der Waals surface area contributed by atoms with Crippen LogP contribution in [0, 0.1) is 6.92 Å². The second-order valence-electron chi connectivity index (χ2n) is 4.82. The predicted molar refractivity (Wildman–Crippen MR) is 68.2 cm³/mol. The van der Waals surface area contributed by atoms with E-state index in [2.05, 4.69) is 9.88 Å². The van der Waals surface area contributed by atoms with Gasteiger partial charge in [0.15, 0.2) is 0 Å². The molecule has 0 aromatic carbocycles. The molecule has 1 aromatic heterocycles. The number of nitrogens with zero attached hydrogens (tertiary/aromatic N) is 2. The summed E-state index contributed by atoms with van der Waals surface area (Å²) >= 11 is 0. The van der Waals surface area contributed by atoms with Gasteiger partial charge in [-0.1, -0.05) is 0 Å². The lowest BCUT2D eigenvalue weighted by molar-refractivity contribution is -0.00546. The molecule has 2 atom stereocenters. The molecular formula is C13H18N2O3. The molecule has 0 radical (unpaired) electrons. The second-order valence-corrected chi connectivity index (χ2v) is 4.82. The number of carboxylic acids is 1. The Morgan fingerprint density at radius 3 is 2.56 bits per heavy atom. The number of aromatic carboxylic acids is 1. The van der Waals surface area contributed by atoms with E-state index in [1.807, 2.05) is 20.8 Å². The van der Waals surface area contributed by atoms with Crippen LogP contribution in [0.2, 0.25) is 0 Å². The maximum absolute atomic E-state index is 11.0. The third-order valence-corrected chi connectivity index (χ3v) is 2.93. The van der Waals surface area contributed by atoms with Gasteiger partial charge < -0.3 is 14.7 Å². The Hall–Kier alpha value is -1.62. The zero-order valence-corrected chi connectivity index (χ0v) is 10.9. The fourth-order valence-electron chi connectivity index (χ4n) is 2.30.